The van der Waals surface area contributed by atoms with Crippen LogP contribution in [0.1, 0.15) is 34.3 Å². The summed E-state index contributed by atoms with van der Waals surface area (Å²) >= 11 is 1.56. The van der Waals surface area contributed by atoms with Gasteiger partial charge in [0.2, 0.25) is 0 Å². The van der Waals surface area contributed by atoms with Gasteiger partial charge in [-0.25, -0.2) is 0 Å². The molecular weight excluding hydrogens is 232 g/mol. The molecule has 0 aliphatic carbocycles. The van der Waals surface area contributed by atoms with Crippen molar-refractivity contribution in [3.8, 4) is 0 Å². The lowest BCUT2D eigenvalue weighted by Crippen LogP contribution is -2.39. The third kappa shape index (κ3) is 3.07. The molecule has 1 saturated heterocycles. The molecule has 1 aliphatic heterocycles. The minimum Gasteiger partial charge on any atom is -0.350 e. The molecule has 0 saturated carbocycles. The maximum absolute atomic E-state index is 11.9. The van der Waals surface area contributed by atoms with Gasteiger partial charge in [-0.15, -0.1) is 11.3 Å². The molecule has 1 N–H and O–H groups in total. The van der Waals surface area contributed by atoms with Gasteiger partial charge in [-0.1, -0.05) is 6.92 Å². The van der Waals surface area contributed by atoms with Crippen LogP contribution in [0.25, 0.3) is 0 Å². The first-order chi connectivity index (χ1) is 8.20. The van der Waals surface area contributed by atoms with Gasteiger partial charge in [0.15, 0.2) is 0 Å². The summed E-state index contributed by atoms with van der Waals surface area (Å²) in [5.41, 5.74) is 0. The summed E-state index contributed by atoms with van der Waals surface area (Å²) in [4.78, 5) is 16.3. The van der Waals surface area contributed by atoms with Gasteiger partial charge < -0.3 is 5.32 Å². The van der Waals surface area contributed by atoms with E-state index in [9.17, 15) is 4.79 Å². The Morgan fingerprint density at radius 3 is 3.06 bits per heavy atom. The average molecular weight is 252 g/mol. The Bertz CT molecular complexity index is 389. The number of aryl methyl sites for hydroxylation is 1. The number of thiophene rings is 1. The molecule has 17 heavy (non-hydrogen) atoms. The quantitative estimate of drug-likeness (QED) is 0.891. The number of carbonyl (C=O) groups excluding carboxylic acids is 1. The van der Waals surface area contributed by atoms with E-state index in [1.807, 2.05) is 19.1 Å². The summed E-state index contributed by atoms with van der Waals surface area (Å²) in [5, 5.41) is 3.05. The highest BCUT2D eigenvalue weighted by atomic mass is 32.1. The number of hydrogen-bond acceptors (Lipinski definition) is 3. The van der Waals surface area contributed by atoms with Gasteiger partial charge >= 0.3 is 0 Å². The smallest absolute Gasteiger partial charge is 0.261 e. The molecular formula is C13H20N2OS. The molecule has 0 bridgehead atoms. The molecule has 1 atom stereocenters. The minimum absolute atomic E-state index is 0.0750. The molecule has 1 aromatic heterocycles. The zero-order chi connectivity index (χ0) is 12.3. The predicted octanol–water partition coefficient (Wildman–Crippen LogP) is 2.27. The second-order valence-corrected chi connectivity index (χ2v) is 5.83. The number of likely N-dealkylation sites (tertiary alicyclic amines) is 1. The van der Waals surface area contributed by atoms with Crippen LogP contribution in [-0.4, -0.2) is 36.5 Å². The van der Waals surface area contributed by atoms with Crippen molar-refractivity contribution in [2.75, 3.05) is 19.6 Å². The molecule has 1 amide bonds. The molecule has 1 aliphatic rings. The van der Waals surface area contributed by atoms with Gasteiger partial charge in [-0.2, -0.15) is 0 Å². The first kappa shape index (κ1) is 12.6. The normalized spacial score (nSPS) is 20.7. The number of nitrogens with one attached hydrogen (secondary N) is 1. The van der Waals surface area contributed by atoms with Gasteiger partial charge in [0.1, 0.15) is 0 Å². The molecule has 1 aromatic rings. The number of carbonyl (C=O) groups is 1. The van der Waals surface area contributed by atoms with Crippen LogP contribution in [0.5, 0.6) is 0 Å². The van der Waals surface area contributed by atoms with Gasteiger partial charge in [-0.3, -0.25) is 9.69 Å². The van der Waals surface area contributed by atoms with Crippen LogP contribution < -0.4 is 5.32 Å². The molecule has 0 radical (unpaired) electrons. The van der Waals surface area contributed by atoms with Crippen LogP contribution >= 0.6 is 11.3 Å². The van der Waals surface area contributed by atoms with Crippen molar-refractivity contribution in [1.29, 1.82) is 0 Å². The third-order valence-electron chi connectivity index (χ3n) is 3.37. The Labute approximate surface area is 107 Å². The summed E-state index contributed by atoms with van der Waals surface area (Å²) in [6.45, 7) is 7.25. The monoisotopic (exact) mass is 252 g/mol. The molecule has 0 spiro atoms. The first-order valence-electron chi connectivity index (χ1n) is 6.29. The summed E-state index contributed by atoms with van der Waals surface area (Å²) < 4.78 is 0. The van der Waals surface area contributed by atoms with E-state index in [1.54, 1.807) is 11.3 Å². The van der Waals surface area contributed by atoms with Gasteiger partial charge in [0.25, 0.3) is 5.91 Å². The third-order valence-corrected chi connectivity index (χ3v) is 4.37. The lowest BCUT2D eigenvalue weighted by molar-refractivity contribution is 0.0945. The number of amides is 1. The van der Waals surface area contributed by atoms with Crippen LogP contribution in [0.4, 0.5) is 0 Å². The fraction of sp³-hybridized carbons (Fsp3) is 0.615. The topological polar surface area (TPSA) is 32.3 Å². The molecule has 3 nitrogen and oxygen atoms in total. The Balaban J connectivity index is 1.84. The van der Waals surface area contributed by atoms with Gasteiger partial charge in [0, 0.05) is 17.5 Å². The van der Waals surface area contributed by atoms with Crippen molar-refractivity contribution >= 4 is 17.2 Å². The molecule has 0 unspecified atom stereocenters. The second kappa shape index (κ2) is 5.65. The Kier molecular flexibility index (Phi) is 4.18. The second-order valence-electron chi connectivity index (χ2n) is 4.54. The average Bonchev–Trinajstić information content (AvgIpc) is 2.94. The van der Waals surface area contributed by atoms with Crippen molar-refractivity contribution in [3.63, 3.8) is 0 Å². The molecule has 0 aromatic carbocycles. The van der Waals surface area contributed by atoms with E-state index >= 15 is 0 Å². The van der Waals surface area contributed by atoms with Crippen molar-refractivity contribution in [1.82, 2.24) is 10.2 Å². The largest absolute Gasteiger partial charge is 0.350 e. The summed E-state index contributed by atoms with van der Waals surface area (Å²) in [7, 11) is 0. The van der Waals surface area contributed by atoms with Crippen molar-refractivity contribution in [2.24, 2.45) is 0 Å². The SMILES string of the molecule is CCN1CCC[C@@H]1CNC(=O)c1ccc(C)s1. The van der Waals surface area contributed by atoms with Crippen molar-refractivity contribution in [2.45, 2.75) is 32.7 Å². The van der Waals surface area contributed by atoms with E-state index in [-0.39, 0.29) is 5.91 Å². The number of hydrogen-bond donors (Lipinski definition) is 1. The number of nitrogens with zero attached hydrogens (tertiary/aromatic N) is 1. The predicted molar refractivity (Wildman–Crippen MR) is 71.7 cm³/mol. The molecule has 2 rings (SSSR count). The van der Waals surface area contributed by atoms with E-state index in [4.69, 9.17) is 0 Å². The lowest BCUT2D eigenvalue weighted by atomic mass is 10.2. The molecule has 1 fully saturated rings. The number of rotatable bonds is 4. The summed E-state index contributed by atoms with van der Waals surface area (Å²) in [5.74, 6) is 0.0750. The Morgan fingerprint density at radius 2 is 2.41 bits per heavy atom. The lowest BCUT2D eigenvalue weighted by Gasteiger charge is -2.22. The minimum atomic E-state index is 0.0750. The van der Waals surface area contributed by atoms with E-state index in [0.29, 0.717) is 6.04 Å². The molecule has 2 heterocycles. The standard InChI is InChI=1S/C13H20N2OS/c1-3-15-8-4-5-11(15)9-14-13(16)12-7-6-10(2)17-12/h6-7,11H,3-5,8-9H2,1-2H3,(H,14,16)/t11-/m1/s1. The van der Waals surface area contributed by atoms with Crippen LogP contribution in [0.2, 0.25) is 0 Å². The fourth-order valence-corrected chi connectivity index (χ4v) is 3.18. The fourth-order valence-electron chi connectivity index (χ4n) is 2.40. The zero-order valence-corrected chi connectivity index (χ0v) is 11.3. The van der Waals surface area contributed by atoms with Gasteiger partial charge in [0.05, 0.1) is 4.88 Å². The van der Waals surface area contributed by atoms with E-state index in [0.717, 1.165) is 18.0 Å². The van der Waals surface area contributed by atoms with Crippen LogP contribution in [0.3, 0.4) is 0 Å². The van der Waals surface area contributed by atoms with Crippen LogP contribution in [-0.2, 0) is 0 Å². The highest BCUT2D eigenvalue weighted by Crippen LogP contribution is 2.17. The van der Waals surface area contributed by atoms with Crippen molar-refractivity contribution in [3.05, 3.63) is 21.9 Å². The van der Waals surface area contributed by atoms with E-state index < -0.39 is 0 Å². The van der Waals surface area contributed by atoms with E-state index in [1.165, 1.54) is 24.3 Å². The maximum atomic E-state index is 11.9. The Morgan fingerprint density at radius 1 is 1.59 bits per heavy atom. The van der Waals surface area contributed by atoms with Gasteiger partial charge in [-0.05, 0) is 45.0 Å². The maximum Gasteiger partial charge on any atom is 0.261 e. The highest BCUT2D eigenvalue weighted by Gasteiger charge is 2.23. The van der Waals surface area contributed by atoms with Crippen molar-refractivity contribution < 1.29 is 4.79 Å². The highest BCUT2D eigenvalue weighted by molar-refractivity contribution is 7.13. The summed E-state index contributed by atoms with van der Waals surface area (Å²) in [6.07, 6.45) is 2.46. The zero-order valence-electron chi connectivity index (χ0n) is 10.5. The Hall–Kier alpha value is -0.870. The number of likely N-dealkylation sites (N-methyl/N-ethyl adjacent to an activating group) is 1. The van der Waals surface area contributed by atoms with Crippen LogP contribution in [0.15, 0.2) is 12.1 Å². The molecule has 4 heteroatoms. The summed E-state index contributed by atoms with van der Waals surface area (Å²) in [6, 6.07) is 4.43. The first-order valence-corrected chi connectivity index (χ1v) is 7.11. The van der Waals surface area contributed by atoms with E-state index in [2.05, 4.69) is 17.1 Å². The van der Waals surface area contributed by atoms with Crippen LogP contribution in [0, 0.1) is 6.92 Å². The molecule has 94 valence electrons.